The summed E-state index contributed by atoms with van der Waals surface area (Å²) in [5, 5.41) is 2.90. The second-order valence-electron chi connectivity index (χ2n) is 4.38. The van der Waals surface area contributed by atoms with Gasteiger partial charge in [0, 0.05) is 11.6 Å². The molecule has 0 atom stereocenters. The van der Waals surface area contributed by atoms with E-state index in [0.29, 0.717) is 0 Å². The number of amides is 1. The van der Waals surface area contributed by atoms with Crippen LogP contribution in [-0.2, 0) is 4.79 Å². The average Bonchev–Trinajstić information content (AvgIpc) is 2.21. The number of nitrogens with zero attached hydrogens (tertiary/aromatic N) is 1. The molecule has 15 heavy (non-hydrogen) atoms. The van der Waals surface area contributed by atoms with Crippen LogP contribution in [0.5, 0.6) is 0 Å². The minimum atomic E-state index is -0.331. The highest BCUT2D eigenvalue weighted by Crippen LogP contribution is 2.23. The molecular formula is C12H18N2O. The van der Waals surface area contributed by atoms with E-state index in [-0.39, 0.29) is 11.3 Å². The predicted octanol–water partition coefficient (Wildman–Crippen LogP) is 2.76. The molecule has 0 aliphatic heterocycles. The van der Waals surface area contributed by atoms with Crippen molar-refractivity contribution in [1.29, 1.82) is 0 Å². The van der Waals surface area contributed by atoms with Crippen LogP contribution >= 0.6 is 0 Å². The van der Waals surface area contributed by atoms with Crippen LogP contribution in [0.15, 0.2) is 18.5 Å². The summed E-state index contributed by atoms with van der Waals surface area (Å²) in [6.07, 6.45) is 4.22. The van der Waals surface area contributed by atoms with Gasteiger partial charge in [-0.1, -0.05) is 20.8 Å². The maximum Gasteiger partial charge on any atom is 0.230 e. The molecule has 82 valence electrons. The van der Waals surface area contributed by atoms with Gasteiger partial charge in [-0.2, -0.15) is 0 Å². The lowest BCUT2D eigenvalue weighted by atomic mass is 9.89. The Balaban J connectivity index is 2.80. The van der Waals surface area contributed by atoms with Crippen molar-refractivity contribution >= 4 is 11.6 Å². The van der Waals surface area contributed by atoms with Gasteiger partial charge in [-0.3, -0.25) is 9.78 Å². The minimum Gasteiger partial charge on any atom is -0.324 e. The number of hydrogen-bond donors (Lipinski definition) is 1. The van der Waals surface area contributed by atoms with Crippen molar-refractivity contribution in [3.05, 3.63) is 24.0 Å². The Hall–Kier alpha value is -1.38. The van der Waals surface area contributed by atoms with E-state index in [9.17, 15) is 4.79 Å². The first-order chi connectivity index (χ1) is 6.97. The number of nitrogens with one attached hydrogen (secondary N) is 1. The lowest BCUT2D eigenvalue weighted by Gasteiger charge is -2.21. The molecule has 0 aliphatic rings. The highest BCUT2D eigenvalue weighted by molar-refractivity contribution is 5.95. The third-order valence-corrected chi connectivity index (χ3v) is 2.79. The summed E-state index contributed by atoms with van der Waals surface area (Å²) in [6.45, 7) is 7.84. The van der Waals surface area contributed by atoms with Crippen molar-refractivity contribution in [2.75, 3.05) is 5.32 Å². The fourth-order valence-corrected chi connectivity index (χ4v) is 1.05. The number of anilines is 1. The number of aromatic nitrogens is 1. The Morgan fingerprint density at radius 2 is 2.20 bits per heavy atom. The van der Waals surface area contributed by atoms with Crippen LogP contribution in [0.1, 0.15) is 32.8 Å². The van der Waals surface area contributed by atoms with E-state index in [4.69, 9.17) is 0 Å². The molecule has 0 unspecified atom stereocenters. The second kappa shape index (κ2) is 4.43. The third kappa shape index (κ3) is 2.78. The van der Waals surface area contributed by atoms with E-state index in [0.717, 1.165) is 17.7 Å². The summed E-state index contributed by atoms with van der Waals surface area (Å²) < 4.78 is 0. The van der Waals surface area contributed by atoms with E-state index in [1.54, 1.807) is 12.4 Å². The van der Waals surface area contributed by atoms with Crippen molar-refractivity contribution < 1.29 is 4.79 Å². The lowest BCUT2D eigenvalue weighted by Crippen LogP contribution is -2.30. The van der Waals surface area contributed by atoms with Crippen molar-refractivity contribution in [2.24, 2.45) is 5.41 Å². The molecule has 0 fully saturated rings. The zero-order valence-corrected chi connectivity index (χ0v) is 9.79. The quantitative estimate of drug-likeness (QED) is 0.826. The van der Waals surface area contributed by atoms with Crippen LogP contribution in [-0.4, -0.2) is 10.9 Å². The SMILES string of the molecule is CCC(C)(C)C(=O)Nc1cnccc1C. The number of hydrogen-bond acceptors (Lipinski definition) is 2. The largest absolute Gasteiger partial charge is 0.324 e. The molecule has 1 aromatic rings. The van der Waals surface area contributed by atoms with Crippen LogP contribution in [0.2, 0.25) is 0 Å². The molecule has 3 heteroatoms. The van der Waals surface area contributed by atoms with Gasteiger partial charge in [-0.15, -0.1) is 0 Å². The number of carbonyl (C=O) groups is 1. The van der Waals surface area contributed by atoms with E-state index in [1.807, 2.05) is 33.8 Å². The monoisotopic (exact) mass is 206 g/mol. The number of rotatable bonds is 3. The molecule has 1 amide bonds. The highest BCUT2D eigenvalue weighted by Gasteiger charge is 2.25. The highest BCUT2D eigenvalue weighted by atomic mass is 16.2. The molecule has 0 bridgehead atoms. The summed E-state index contributed by atoms with van der Waals surface area (Å²) in [5.74, 6) is 0.0427. The molecule has 1 N–H and O–H groups in total. The Kier molecular flexibility index (Phi) is 3.45. The molecule has 1 heterocycles. The number of carbonyl (C=O) groups excluding carboxylic acids is 1. The summed E-state index contributed by atoms with van der Waals surface area (Å²) in [4.78, 5) is 15.9. The molecule has 0 radical (unpaired) electrons. The van der Waals surface area contributed by atoms with Crippen LogP contribution < -0.4 is 5.32 Å². The Morgan fingerprint density at radius 3 is 2.73 bits per heavy atom. The maximum atomic E-state index is 11.9. The van der Waals surface area contributed by atoms with Crippen LogP contribution in [0.3, 0.4) is 0 Å². The van der Waals surface area contributed by atoms with Crippen LogP contribution in [0.25, 0.3) is 0 Å². The topological polar surface area (TPSA) is 42.0 Å². The first-order valence-corrected chi connectivity index (χ1v) is 5.19. The smallest absolute Gasteiger partial charge is 0.230 e. The molecule has 0 spiro atoms. The zero-order chi connectivity index (χ0) is 11.5. The van der Waals surface area contributed by atoms with Crippen LogP contribution in [0, 0.1) is 12.3 Å². The number of aryl methyl sites for hydroxylation is 1. The molecule has 1 aromatic heterocycles. The normalized spacial score (nSPS) is 11.2. The van der Waals surface area contributed by atoms with Gasteiger partial charge in [0.05, 0.1) is 11.9 Å². The lowest BCUT2D eigenvalue weighted by molar-refractivity contribution is -0.124. The van der Waals surface area contributed by atoms with Gasteiger partial charge in [-0.25, -0.2) is 0 Å². The van der Waals surface area contributed by atoms with Gasteiger partial charge < -0.3 is 5.32 Å². The molecule has 3 nitrogen and oxygen atoms in total. The molecule has 0 aromatic carbocycles. The second-order valence-corrected chi connectivity index (χ2v) is 4.38. The molecular weight excluding hydrogens is 188 g/mol. The summed E-state index contributed by atoms with van der Waals surface area (Å²) in [5.41, 5.74) is 1.50. The van der Waals surface area contributed by atoms with Crippen molar-refractivity contribution in [2.45, 2.75) is 34.1 Å². The zero-order valence-electron chi connectivity index (χ0n) is 9.79. The van der Waals surface area contributed by atoms with E-state index >= 15 is 0 Å². The third-order valence-electron chi connectivity index (χ3n) is 2.79. The first kappa shape index (κ1) is 11.7. The van der Waals surface area contributed by atoms with Gasteiger partial charge in [0.2, 0.25) is 5.91 Å². The van der Waals surface area contributed by atoms with E-state index < -0.39 is 0 Å². The Bertz CT molecular complexity index is 358. The van der Waals surface area contributed by atoms with Crippen molar-refractivity contribution in [1.82, 2.24) is 4.98 Å². The van der Waals surface area contributed by atoms with Gasteiger partial charge >= 0.3 is 0 Å². The minimum absolute atomic E-state index is 0.0427. The first-order valence-electron chi connectivity index (χ1n) is 5.19. The summed E-state index contributed by atoms with van der Waals surface area (Å²) in [6, 6.07) is 1.88. The van der Waals surface area contributed by atoms with Gasteiger partial charge in [0.25, 0.3) is 0 Å². The van der Waals surface area contributed by atoms with Gasteiger partial charge in [0.1, 0.15) is 0 Å². The summed E-state index contributed by atoms with van der Waals surface area (Å²) >= 11 is 0. The van der Waals surface area contributed by atoms with Gasteiger partial charge in [-0.05, 0) is 25.0 Å². The average molecular weight is 206 g/mol. The molecule has 0 aliphatic carbocycles. The van der Waals surface area contributed by atoms with E-state index in [2.05, 4.69) is 10.3 Å². The molecule has 1 rings (SSSR count). The Labute approximate surface area is 90.9 Å². The maximum absolute atomic E-state index is 11.9. The fraction of sp³-hybridized carbons (Fsp3) is 0.500. The van der Waals surface area contributed by atoms with Crippen molar-refractivity contribution in [3.63, 3.8) is 0 Å². The number of pyridine rings is 1. The Morgan fingerprint density at radius 1 is 1.53 bits per heavy atom. The summed E-state index contributed by atoms with van der Waals surface area (Å²) in [7, 11) is 0. The van der Waals surface area contributed by atoms with Gasteiger partial charge in [0.15, 0.2) is 0 Å². The predicted molar refractivity (Wildman–Crippen MR) is 61.7 cm³/mol. The van der Waals surface area contributed by atoms with Crippen LogP contribution in [0.4, 0.5) is 5.69 Å². The van der Waals surface area contributed by atoms with Crippen molar-refractivity contribution in [3.8, 4) is 0 Å². The fourth-order valence-electron chi connectivity index (χ4n) is 1.05. The molecule has 0 saturated heterocycles. The molecule has 0 saturated carbocycles. The standard InChI is InChI=1S/C12H18N2O/c1-5-12(3,4)11(15)14-10-8-13-7-6-9(10)2/h6-8H,5H2,1-4H3,(H,14,15). The van der Waals surface area contributed by atoms with E-state index in [1.165, 1.54) is 0 Å².